The molecule has 0 saturated heterocycles. The smallest absolute Gasteiger partial charge is 0.264 e. The lowest BCUT2D eigenvalue weighted by molar-refractivity contribution is -0.118. The van der Waals surface area contributed by atoms with Crippen molar-refractivity contribution < 1.29 is 9.53 Å². The Bertz CT molecular complexity index is 1200. The van der Waals surface area contributed by atoms with Crippen LogP contribution in [0.4, 0.5) is 5.95 Å². The molecule has 148 valence electrons. The van der Waals surface area contributed by atoms with Crippen molar-refractivity contribution in [1.29, 1.82) is 0 Å². The van der Waals surface area contributed by atoms with E-state index in [1.54, 1.807) is 16.6 Å². The molecule has 0 fully saturated rings. The lowest BCUT2D eigenvalue weighted by Gasteiger charge is -2.07. The molecule has 4 aromatic rings. The van der Waals surface area contributed by atoms with E-state index in [0.717, 1.165) is 22.4 Å². The normalized spacial score (nSPS) is 11.0. The predicted molar refractivity (Wildman–Crippen MR) is 116 cm³/mol. The van der Waals surface area contributed by atoms with Crippen molar-refractivity contribution in [3.63, 3.8) is 0 Å². The Balaban J connectivity index is 1.49. The van der Waals surface area contributed by atoms with E-state index in [-0.39, 0.29) is 18.5 Å². The van der Waals surface area contributed by atoms with Gasteiger partial charge in [0.25, 0.3) is 11.9 Å². The summed E-state index contributed by atoms with van der Waals surface area (Å²) in [5, 5.41) is 10.0. The van der Waals surface area contributed by atoms with Gasteiger partial charge in [0.2, 0.25) is 4.96 Å². The molecule has 9 heteroatoms. The fraction of sp³-hybridized carbons (Fsp3) is 0.150. The average molecular weight is 447 g/mol. The molecule has 0 aliphatic heterocycles. The number of carbonyl (C=O) groups is 1. The maximum atomic E-state index is 12.2. The molecule has 0 atom stereocenters. The number of hydrogen-bond donors (Lipinski definition) is 1. The summed E-state index contributed by atoms with van der Waals surface area (Å²) in [7, 11) is 0. The number of nitrogens with zero attached hydrogens (tertiary/aromatic N) is 3. The van der Waals surface area contributed by atoms with E-state index < -0.39 is 0 Å². The number of ether oxygens (including phenoxy) is 1. The second-order valence-electron chi connectivity index (χ2n) is 6.54. The third-order valence-electron chi connectivity index (χ3n) is 4.11. The van der Waals surface area contributed by atoms with Gasteiger partial charge in [0.05, 0.1) is 10.7 Å². The molecular weight excluding hydrogens is 431 g/mol. The number of benzene rings is 2. The summed E-state index contributed by atoms with van der Waals surface area (Å²) in [6, 6.07) is 11.1. The molecule has 0 radical (unpaired) electrons. The topological polar surface area (TPSA) is 68.5 Å². The fourth-order valence-corrected chi connectivity index (χ4v) is 4.27. The number of aromatic nitrogens is 3. The molecule has 1 amide bonds. The lowest BCUT2D eigenvalue weighted by atomic mass is 10.1. The molecule has 0 bridgehead atoms. The Morgan fingerprint density at radius 3 is 2.66 bits per heavy atom. The van der Waals surface area contributed by atoms with Crippen molar-refractivity contribution >= 4 is 51.4 Å². The van der Waals surface area contributed by atoms with Crippen LogP contribution in [0.25, 0.3) is 16.2 Å². The Labute approximate surface area is 181 Å². The molecule has 29 heavy (non-hydrogen) atoms. The van der Waals surface area contributed by atoms with Gasteiger partial charge in [-0.15, -0.1) is 16.4 Å². The number of fused-ring (bicyclic) bond motifs is 1. The summed E-state index contributed by atoms with van der Waals surface area (Å²) in [5.74, 6) is 0.516. The highest BCUT2D eigenvalue weighted by Gasteiger charge is 2.15. The van der Waals surface area contributed by atoms with Gasteiger partial charge in [0, 0.05) is 16.0 Å². The zero-order valence-corrected chi connectivity index (χ0v) is 17.9. The minimum Gasteiger partial charge on any atom is -0.484 e. The lowest BCUT2D eigenvalue weighted by Crippen LogP contribution is -2.21. The molecular formula is C20H16Cl2N4O2S. The first kappa shape index (κ1) is 19.7. The van der Waals surface area contributed by atoms with Crippen molar-refractivity contribution in [2.45, 2.75) is 13.8 Å². The Hall–Kier alpha value is -2.61. The predicted octanol–water partition coefficient (Wildman–Crippen LogP) is 5.40. The van der Waals surface area contributed by atoms with Crippen molar-refractivity contribution in [3.8, 4) is 17.0 Å². The minimum atomic E-state index is -0.339. The van der Waals surface area contributed by atoms with Gasteiger partial charge in [0.1, 0.15) is 5.75 Å². The standard InChI is InChI=1S/C20H16Cl2N4O2S/c1-11-5-12(2)7-14(6-11)28-9-18(27)23-19-24-20-26(25-19)17(10-29-20)15-4-3-13(21)8-16(15)22/h3-8,10H,9H2,1-2H3,(H,23,25,27). The van der Waals surface area contributed by atoms with Gasteiger partial charge in [-0.1, -0.05) is 29.3 Å². The van der Waals surface area contributed by atoms with E-state index in [0.29, 0.717) is 20.8 Å². The van der Waals surface area contributed by atoms with Crippen molar-refractivity contribution in [1.82, 2.24) is 14.6 Å². The molecule has 0 spiro atoms. The van der Waals surface area contributed by atoms with Crippen LogP contribution in [-0.2, 0) is 4.79 Å². The number of halogens is 2. The number of carbonyl (C=O) groups excluding carboxylic acids is 1. The number of anilines is 1. The fourth-order valence-electron chi connectivity index (χ4n) is 2.94. The number of hydrogen-bond acceptors (Lipinski definition) is 5. The molecule has 0 unspecified atom stereocenters. The van der Waals surface area contributed by atoms with Gasteiger partial charge >= 0.3 is 0 Å². The first-order chi connectivity index (χ1) is 13.9. The maximum absolute atomic E-state index is 12.2. The highest BCUT2D eigenvalue weighted by Crippen LogP contribution is 2.33. The SMILES string of the molecule is Cc1cc(C)cc(OCC(=O)Nc2nc3scc(-c4ccc(Cl)cc4Cl)n3n2)c1. The molecule has 4 rings (SSSR count). The summed E-state index contributed by atoms with van der Waals surface area (Å²) < 4.78 is 7.21. The van der Waals surface area contributed by atoms with Crippen molar-refractivity contribution in [2.24, 2.45) is 0 Å². The third kappa shape index (κ3) is 4.37. The van der Waals surface area contributed by atoms with E-state index in [2.05, 4.69) is 15.4 Å². The second-order valence-corrected chi connectivity index (χ2v) is 8.22. The van der Waals surface area contributed by atoms with Crippen LogP contribution in [0.5, 0.6) is 5.75 Å². The van der Waals surface area contributed by atoms with E-state index in [9.17, 15) is 4.79 Å². The Morgan fingerprint density at radius 1 is 1.17 bits per heavy atom. The van der Waals surface area contributed by atoms with Crippen molar-refractivity contribution in [2.75, 3.05) is 11.9 Å². The third-order valence-corrected chi connectivity index (χ3v) is 5.47. The van der Waals surface area contributed by atoms with Gasteiger partial charge in [0.15, 0.2) is 6.61 Å². The summed E-state index contributed by atoms with van der Waals surface area (Å²) in [4.78, 5) is 17.2. The zero-order valence-electron chi connectivity index (χ0n) is 15.6. The number of rotatable bonds is 5. The number of nitrogens with one attached hydrogen (secondary N) is 1. The van der Waals surface area contributed by atoms with E-state index in [1.165, 1.54) is 11.3 Å². The summed E-state index contributed by atoms with van der Waals surface area (Å²) in [6.45, 7) is 3.82. The summed E-state index contributed by atoms with van der Waals surface area (Å²) in [5.41, 5.74) is 3.70. The quantitative estimate of drug-likeness (QED) is 0.445. The van der Waals surface area contributed by atoms with Gasteiger partial charge < -0.3 is 4.74 Å². The molecule has 2 aromatic heterocycles. The monoisotopic (exact) mass is 446 g/mol. The second kappa shape index (κ2) is 8.02. The molecule has 2 heterocycles. The van der Waals surface area contributed by atoms with Gasteiger partial charge in [-0.3, -0.25) is 10.1 Å². The van der Waals surface area contributed by atoms with Crippen LogP contribution in [0.2, 0.25) is 10.0 Å². The largest absolute Gasteiger partial charge is 0.484 e. The highest BCUT2D eigenvalue weighted by atomic mass is 35.5. The van der Waals surface area contributed by atoms with Crippen LogP contribution in [0, 0.1) is 13.8 Å². The summed E-state index contributed by atoms with van der Waals surface area (Å²) in [6.07, 6.45) is 0. The van der Waals surface area contributed by atoms with Crippen molar-refractivity contribution in [3.05, 3.63) is 63.0 Å². The number of thiazole rings is 1. The van der Waals surface area contributed by atoms with Crippen LogP contribution in [-0.4, -0.2) is 27.1 Å². The molecule has 0 saturated carbocycles. The minimum absolute atomic E-state index is 0.133. The Kier molecular flexibility index (Phi) is 5.45. The van der Waals surface area contributed by atoms with Crippen LogP contribution < -0.4 is 10.1 Å². The Morgan fingerprint density at radius 2 is 1.93 bits per heavy atom. The maximum Gasteiger partial charge on any atom is 0.264 e. The van der Waals surface area contributed by atoms with Gasteiger partial charge in [-0.25, -0.2) is 4.52 Å². The van der Waals surface area contributed by atoms with Crippen LogP contribution in [0.3, 0.4) is 0 Å². The van der Waals surface area contributed by atoms with E-state index in [1.807, 2.05) is 43.5 Å². The van der Waals surface area contributed by atoms with Gasteiger partial charge in [-0.05, 0) is 55.3 Å². The van der Waals surface area contributed by atoms with Crippen LogP contribution in [0.1, 0.15) is 11.1 Å². The molecule has 0 aliphatic rings. The van der Waals surface area contributed by atoms with Gasteiger partial charge in [-0.2, -0.15) is 4.98 Å². The zero-order chi connectivity index (χ0) is 20.5. The molecule has 0 aliphatic carbocycles. The van der Waals surface area contributed by atoms with Crippen LogP contribution >= 0.6 is 34.5 Å². The first-order valence-corrected chi connectivity index (χ1v) is 10.3. The molecule has 1 N–H and O–H groups in total. The number of amides is 1. The van der Waals surface area contributed by atoms with Crippen LogP contribution in [0.15, 0.2) is 41.8 Å². The van der Waals surface area contributed by atoms with E-state index in [4.69, 9.17) is 27.9 Å². The average Bonchev–Trinajstić information content (AvgIpc) is 3.20. The molecule has 2 aromatic carbocycles. The van der Waals surface area contributed by atoms with E-state index >= 15 is 0 Å². The molecule has 6 nitrogen and oxygen atoms in total. The first-order valence-electron chi connectivity index (χ1n) is 8.70. The summed E-state index contributed by atoms with van der Waals surface area (Å²) >= 11 is 13.7. The number of aryl methyl sites for hydroxylation is 2. The highest BCUT2D eigenvalue weighted by molar-refractivity contribution is 7.15.